The summed E-state index contributed by atoms with van der Waals surface area (Å²) in [6.07, 6.45) is 4.83. The van der Waals surface area contributed by atoms with Crippen LogP contribution in [0.15, 0.2) is 12.2 Å². The predicted octanol–water partition coefficient (Wildman–Crippen LogP) is 2.67. The molecule has 0 aromatic rings. The highest BCUT2D eigenvalue weighted by molar-refractivity contribution is 7.80. The Morgan fingerprint density at radius 2 is 2.50 bits per heavy atom. The third-order valence-electron chi connectivity index (χ3n) is 2.32. The lowest BCUT2D eigenvalue weighted by Crippen LogP contribution is -2.34. The van der Waals surface area contributed by atoms with Crippen LogP contribution >= 0.6 is 12.2 Å². The molecule has 1 aliphatic heterocycles. The van der Waals surface area contributed by atoms with Crippen LogP contribution in [0.25, 0.3) is 0 Å². The van der Waals surface area contributed by atoms with Gasteiger partial charge >= 0.3 is 0 Å². The molecular weight excluding hydrogens is 166 g/mol. The fraction of sp³-hybridized carbons (Fsp3) is 0.700. The minimum atomic E-state index is 0.616. The van der Waals surface area contributed by atoms with E-state index in [1.807, 2.05) is 0 Å². The second-order valence-corrected chi connectivity index (χ2v) is 4.07. The first-order valence-corrected chi connectivity index (χ1v) is 5.03. The molecule has 0 saturated carbocycles. The quantitative estimate of drug-likeness (QED) is 0.533. The first-order chi connectivity index (χ1) is 5.70. The summed E-state index contributed by atoms with van der Waals surface area (Å²) in [5.74, 6) is 0.616. The standard InChI is InChI=1S/C10H17NS/c1-8(2)5-6-9-4-3-7-11-10(9)12/h9H,1,3-7H2,2H3,(H,11,12). The number of rotatable bonds is 3. The molecule has 0 aliphatic carbocycles. The summed E-state index contributed by atoms with van der Waals surface area (Å²) in [6.45, 7) is 7.06. The molecule has 1 nitrogen and oxygen atoms in total. The summed E-state index contributed by atoms with van der Waals surface area (Å²) in [6, 6.07) is 0. The highest BCUT2D eigenvalue weighted by atomic mass is 32.1. The van der Waals surface area contributed by atoms with Crippen LogP contribution in [0.4, 0.5) is 0 Å². The Balaban J connectivity index is 2.29. The van der Waals surface area contributed by atoms with Crippen molar-refractivity contribution in [1.29, 1.82) is 0 Å². The molecule has 0 radical (unpaired) electrons. The molecular formula is C10H17NS. The van der Waals surface area contributed by atoms with E-state index < -0.39 is 0 Å². The second kappa shape index (κ2) is 4.61. The van der Waals surface area contributed by atoms with Gasteiger partial charge in [0.1, 0.15) is 0 Å². The van der Waals surface area contributed by atoms with E-state index in [9.17, 15) is 0 Å². The molecule has 12 heavy (non-hydrogen) atoms. The Labute approximate surface area is 80.2 Å². The maximum absolute atomic E-state index is 5.24. The fourth-order valence-corrected chi connectivity index (χ4v) is 1.87. The van der Waals surface area contributed by atoms with Gasteiger partial charge in [-0.05, 0) is 32.6 Å². The largest absolute Gasteiger partial charge is 0.379 e. The highest BCUT2D eigenvalue weighted by Gasteiger charge is 2.17. The van der Waals surface area contributed by atoms with Crippen LogP contribution in [0.5, 0.6) is 0 Å². The van der Waals surface area contributed by atoms with E-state index in [4.69, 9.17) is 12.2 Å². The van der Waals surface area contributed by atoms with Crippen LogP contribution in [0.2, 0.25) is 0 Å². The number of allylic oxidation sites excluding steroid dienone is 1. The molecule has 0 amide bonds. The topological polar surface area (TPSA) is 12.0 Å². The molecule has 1 aliphatic rings. The Morgan fingerprint density at radius 1 is 1.75 bits per heavy atom. The molecule has 1 unspecified atom stereocenters. The van der Waals surface area contributed by atoms with Gasteiger partial charge in [-0.3, -0.25) is 0 Å². The number of piperidine rings is 1. The van der Waals surface area contributed by atoms with Crippen molar-refractivity contribution < 1.29 is 0 Å². The third-order valence-corrected chi connectivity index (χ3v) is 2.80. The van der Waals surface area contributed by atoms with Crippen molar-refractivity contribution in [3.05, 3.63) is 12.2 Å². The summed E-state index contributed by atoms with van der Waals surface area (Å²) in [7, 11) is 0. The first-order valence-electron chi connectivity index (χ1n) is 4.62. The maximum atomic E-state index is 5.24. The zero-order chi connectivity index (χ0) is 8.97. The van der Waals surface area contributed by atoms with Gasteiger partial charge in [0, 0.05) is 12.5 Å². The molecule has 0 bridgehead atoms. The normalized spacial score (nSPS) is 23.4. The molecule has 0 aromatic heterocycles. The van der Waals surface area contributed by atoms with Crippen LogP contribution in [-0.2, 0) is 0 Å². The van der Waals surface area contributed by atoms with Crippen molar-refractivity contribution >= 4 is 17.2 Å². The van der Waals surface area contributed by atoms with Gasteiger partial charge < -0.3 is 5.32 Å². The van der Waals surface area contributed by atoms with Gasteiger partial charge in [-0.2, -0.15) is 0 Å². The average Bonchev–Trinajstić information content (AvgIpc) is 2.03. The zero-order valence-electron chi connectivity index (χ0n) is 7.73. The van der Waals surface area contributed by atoms with E-state index in [-0.39, 0.29) is 0 Å². The second-order valence-electron chi connectivity index (χ2n) is 3.63. The molecule has 0 spiro atoms. The van der Waals surface area contributed by atoms with E-state index in [2.05, 4.69) is 18.8 Å². The van der Waals surface area contributed by atoms with Gasteiger partial charge in [0.05, 0.1) is 4.99 Å². The Morgan fingerprint density at radius 3 is 3.08 bits per heavy atom. The summed E-state index contributed by atoms with van der Waals surface area (Å²) >= 11 is 5.24. The SMILES string of the molecule is C=C(C)CCC1CCCNC1=S. The minimum Gasteiger partial charge on any atom is -0.379 e. The van der Waals surface area contributed by atoms with Crippen LogP contribution in [-0.4, -0.2) is 11.5 Å². The minimum absolute atomic E-state index is 0.616. The van der Waals surface area contributed by atoms with Crippen molar-refractivity contribution in [3.8, 4) is 0 Å². The zero-order valence-corrected chi connectivity index (χ0v) is 8.54. The first kappa shape index (κ1) is 9.72. The van der Waals surface area contributed by atoms with E-state index in [1.165, 1.54) is 24.8 Å². The maximum Gasteiger partial charge on any atom is 0.0784 e. The molecule has 0 aromatic carbocycles. The van der Waals surface area contributed by atoms with E-state index in [0.29, 0.717) is 5.92 Å². The van der Waals surface area contributed by atoms with Crippen molar-refractivity contribution in [1.82, 2.24) is 5.32 Å². The predicted molar refractivity (Wildman–Crippen MR) is 57.4 cm³/mol. The molecule has 1 N–H and O–H groups in total. The molecule has 1 fully saturated rings. The Kier molecular flexibility index (Phi) is 3.73. The van der Waals surface area contributed by atoms with Crippen LogP contribution in [0, 0.1) is 5.92 Å². The number of nitrogens with one attached hydrogen (secondary N) is 1. The van der Waals surface area contributed by atoms with Gasteiger partial charge in [-0.25, -0.2) is 0 Å². The van der Waals surface area contributed by atoms with Gasteiger partial charge in [0.2, 0.25) is 0 Å². The van der Waals surface area contributed by atoms with Crippen LogP contribution in [0.3, 0.4) is 0 Å². The van der Waals surface area contributed by atoms with Gasteiger partial charge in [-0.15, -0.1) is 6.58 Å². The van der Waals surface area contributed by atoms with E-state index in [0.717, 1.165) is 18.0 Å². The molecule has 1 saturated heterocycles. The summed E-state index contributed by atoms with van der Waals surface area (Å²) in [4.78, 5) is 1.07. The van der Waals surface area contributed by atoms with Gasteiger partial charge in [0.15, 0.2) is 0 Å². The lowest BCUT2D eigenvalue weighted by atomic mass is 9.93. The fourth-order valence-electron chi connectivity index (χ4n) is 1.53. The van der Waals surface area contributed by atoms with Crippen LogP contribution < -0.4 is 5.32 Å². The lowest BCUT2D eigenvalue weighted by molar-refractivity contribution is 0.504. The number of thiocarbonyl (C=S) groups is 1. The summed E-state index contributed by atoms with van der Waals surface area (Å²) in [5, 5.41) is 3.26. The van der Waals surface area contributed by atoms with E-state index in [1.54, 1.807) is 0 Å². The molecule has 1 atom stereocenters. The van der Waals surface area contributed by atoms with Gasteiger partial charge in [-0.1, -0.05) is 17.8 Å². The van der Waals surface area contributed by atoms with Crippen LogP contribution in [0.1, 0.15) is 32.6 Å². The van der Waals surface area contributed by atoms with Crippen molar-refractivity contribution in [3.63, 3.8) is 0 Å². The van der Waals surface area contributed by atoms with Crippen molar-refractivity contribution in [2.45, 2.75) is 32.6 Å². The summed E-state index contributed by atoms with van der Waals surface area (Å²) in [5.41, 5.74) is 1.27. The summed E-state index contributed by atoms with van der Waals surface area (Å²) < 4.78 is 0. The van der Waals surface area contributed by atoms with Crippen molar-refractivity contribution in [2.24, 2.45) is 5.92 Å². The number of hydrogen-bond acceptors (Lipinski definition) is 1. The third kappa shape index (κ3) is 2.94. The number of hydrogen-bond donors (Lipinski definition) is 1. The smallest absolute Gasteiger partial charge is 0.0784 e. The lowest BCUT2D eigenvalue weighted by Gasteiger charge is -2.24. The highest BCUT2D eigenvalue weighted by Crippen LogP contribution is 2.19. The monoisotopic (exact) mass is 183 g/mol. The molecule has 2 heteroatoms. The molecule has 1 rings (SSSR count). The van der Waals surface area contributed by atoms with Gasteiger partial charge in [0.25, 0.3) is 0 Å². The molecule has 68 valence electrons. The van der Waals surface area contributed by atoms with E-state index >= 15 is 0 Å². The Bertz CT molecular complexity index is 186. The van der Waals surface area contributed by atoms with Crippen molar-refractivity contribution in [2.75, 3.05) is 6.54 Å². The molecule has 1 heterocycles. The average molecular weight is 183 g/mol. The Hall–Kier alpha value is -0.370.